The summed E-state index contributed by atoms with van der Waals surface area (Å²) in [7, 11) is 1.28. The normalized spacial score (nSPS) is 10.2. The van der Waals surface area contributed by atoms with Crippen molar-refractivity contribution in [3.05, 3.63) is 83.7 Å². The molecule has 0 aliphatic rings. The number of nitrogens with one attached hydrogen (secondary N) is 2. The van der Waals surface area contributed by atoms with E-state index in [1.54, 1.807) is 30.3 Å². The third kappa shape index (κ3) is 4.12. The van der Waals surface area contributed by atoms with Crippen LogP contribution in [-0.4, -0.2) is 24.0 Å². The van der Waals surface area contributed by atoms with Gasteiger partial charge in [-0.3, -0.25) is 4.79 Å². The van der Waals surface area contributed by atoms with Gasteiger partial charge in [0.15, 0.2) is 0 Å². The molecule has 8 heteroatoms. The molecule has 28 heavy (non-hydrogen) atoms. The lowest BCUT2D eigenvalue weighted by Gasteiger charge is -2.11. The number of nitrogens with zero attached hydrogens (tertiary/aromatic N) is 1. The number of hydrogen-bond acceptors (Lipinski definition) is 5. The van der Waals surface area contributed by atoms with Gasteiger partial charge in [0.05, 0.1) is 30.2 Å². The Morgan fingerprint density at radius 1 is 0.964 bits per heavy atom. The predicted molar refractivity (Wildman–Crippen MR) is 99.6 cm³/mol. The second-order valence-corrected chi connectivity index (χ2v) is 5.65. The van der Waals surface area contributed by atoms with Gasteiger partial charge >= 0.3 is 5.97 Å². The third-order valence-corrected chi connectivity index (χ3v) is 3.81. The van der Waals surface area contributed by atoms with Gasteiger partial charge in [0.2, 0.25) is 0 Å². The van der Waals surface area contributed by atoms with E-state index in [1.807, 2.05) is 0 Å². The molecule has 142 valence electrons. The van der Waals surface area contributed by atoms with Crippen molar-refractivity contribution in [1.29, 1.82) is 0 Å². The minimum Gasteiger partial charge on any atom is -0.465 e. The number of para-hydroxylation sites is 2. The Balaban J connectivity index is 1.76. The minimum atomic E-state index is -0.883. The monoisotopic (exact) mass is 383 g/mol. The van der Waals surface area contributed by atoms with E-state index in [9.17, 15) is 18.4 Å². The SMILES string of the molecule is COC(=O)c1ccccc1Nc1ccc(C(=O)Nc2c(F)cccc2F)nc1. The van der Waals surface area contributed by atoms with E-state index in [1.165, 1.54) is 25.4 Å². The van der Waals surface area contributed by atoms with Crippen LogP contribution in [0.5, 0.6) is 0 Å². The molecule has 0 unspecified atom stereocenters. The van der Waals surface area contributed by atoms with Gasteiger partial charge in [-0.25, -0.2) is 18.6 Å². The van der Waals surface area contributed by atoms with Crippen molar-refractivity contribution >= 4 is 28.9 Å². The number of methoxy groups -OCH3 is 1. The fourth-order valence-corrected chi connectivity index (χ4v) is 2.43. The second kappa shape index (κ2) is 8.26. The van der Waals surface area contributed by atoms with Crippen LogP contribution in [-0.2, 0) is 4.74 Å². The lowest BCUT2D eigenvalue weighted by atomic mass is 10.1. The molecule has 3 aromatic rings. The highest BCUT2D eigenvalue weighted by molar-refractivity contribution is 6.03. The second-order valence-electron chi connectivity index (χ2n) is 5.65. The summed E-state index contributed by atoms with van der Waals surface area (Å²) in [5.41, 5.74) is 0.770. The molecule has 0 saturated heterocycles. The Kier molecular flexibility index (Phi) is 5.59. The van der Waals surface area contributed by atoms with Crippen molar-refractivity contribution in [2.24, 2.45) is 0 Å². The number of amides is 1. The first-order valence-electron chi connectivity index (χ1n) is 8.15. The van der Waals surface area contributed by atoms with Crippen LogP contribution in [0.3, 0.4) is 0 Å². The Morgan fingerprint density at radius 3 is 2.32 bits per heavy atom. The maximum absolute atomic E-state index is 13.6. The van der Waals surface area contributed by atoms with Gasteiger partial charge in [0.1, 0.15) is 23.0 Å². The number of rotatable bonds is 5. The summed E-state index contributed by atoms with van der Waals surface area (Å²) in [4.78, 5) is 28.0. The number of carbonyl (C=O) groups is 2. The molecule has 1 heterocycles. The van der Waals surface area contributed by atoms with Crippen LogP contribution in [0, 0.1) is 11.6 Å². The number of anilines is 3. The number of hydrogen-bond donors (Lipinski definition) is 2. The molecule has 2 N–H and O–H groups in total. The van der Waals surface area contributed by atoms with E-state index in [0.717, 1.165) is 12.1 Å². The van der Waals surface area contributed by atoms with Gasteiger partial charge in [0.25, 0.3) is 5.91 Å². The van der Waals surface area contributed by atoms with Crippen molar-refractivity contribution in [3.63, 3.8) is 0 Å². The number of esters is 1. The fraction of sp³-hybridized carbons (Fsp3) is 0.0500. The van der Waals surface area contributed by atoms with E-state index >= 15 is 0 Å². The van der Waals surface area contributed by atoms with E-state index in [0.29, 0.717) is 16.9 Å². The fourth-order valence-electron chi connectivity index (χ4n) is 2.43. The van der Waals surface area contributed by atoms with Gasteiger partial charge in [-0.15, -0.1) is 0 Å². The molecule has 0 aliphatic carbocycles. The molecule has 6 nitrogen and oxygen atoms in total. The molecular weight excluding hydrogens is 368 g/mol. The zero-order valence-corrected chi connectivity index (χ0v) is 14.7. The average molecular weight is 383 g/mol. The van der Waals surface area contributed by atoms with E-state index in [4.69, 9.17) is 4.74 Å². The number of carbonyl (C=O) groups excluding carboxylic acids is 2. The summed E-state index contributed by atoms with van der Waals surface area (Å²) in [6, 6.07) is 12.9. The predicted octanol–water partition coefficient (Wildman–Crippen LogP) is 4.14. The van der Waals surface area contributed by atoms with Gasteiger partial charge in [-0.05, 0) is 36.4 Å². The molecule has 0 saturated carbocycles. The van der Waals surface area contributed by atoms with Gasteiger partial charge in [-0.2, -0.15) is 0 Å². The summed E-state index contributed by atoms with van der Waals surface area (Å²) >= 11 is 0. The number of halogens is 2. The molecule has 0 fully saturated rings. The number of aromatic nitrogens is 1. The first kappa shape index (κ1) is 19.0. The summed E-state index contributed by atoms with van der Waals surface area (Å²) < 4.78 is 32.0. The van der Waals surface area contributed by atoms with E-state index < -0.39 is 29.2 Å². The molecule has 0 radical (unpaired) electrons. The van der Waals surface area contributed by atoms with Crippen molar-refractivity contribution in [2.75, 3.05) is 17.7 Å². The smallest absolute Gasteiger partial charge is 0.339 e. The molecule has 0 aliphatic heterocycles. The zero-order chi connectivity index (χ0) is 20.1. The highest BCUT2D eigenvalue weighted by atomic mass is 19.1. The first-order valence-corrected chi connectivity index (χ1v) is 8.15. The summed E-state index contributed by atoms with van der Waals surface area (Å²) in [5, 5.41) is 5.17. The zero-order valence-electron chi connectivity index (χ0n) is 14.7. The molecule has 3 rings (SSSR count). The summed E-state index contributed by atoms with van der Waals surface area (Å²) in [6.07, 6.45) is 1.36. The maximum Gasteiger partial charge on any atom is 0.339 e. The minimum absolute atomic E-state index is 0.0329. The Bertz CT molecular complexity index is 1000. The van der Waals surface area contributed by atoms with Gasteiger partial charge in [0, 0.05) is 0 Å². The molecule has 0 bridgehead atoms. The Morgan fingerprint density at radius 2 is 1.68 bits per heavy atom. The lowest BCUT2D eigenvalue weighted by Crippen LogP contribution is -2.15. The quantitative estimate of drug-likeness (QED) is 0.647. The highest BCUT2D eigenvalue weighted by Crippen LogP contribution is 2.22. The summed E-state index contributed by atoms with van der Waals surface area (Å²) in [6.45, 7) is 0. The van der Waals surface area contributed by atoms with Crippen LogP contribution in [0.2, 0.25) is 0 Å². The molecule has 1 amide bonds. The molecule has 0 atom stereocenters. The van der Waals surface area contributed by atoms with Gasteiger partial charge < -0.3 is 15.4 Å². The van der Waals surface area contributed by atoms with Crippen LogP contribution in [0.4, 0.5) is 25.8 Å². The molecule has 0 spiro atoms. The first-order chi connectivity index (χ1) is 13.5. The van der Waals surface area contributed by atoms with Crippen LogP contribution < -0.4 is 10.6 Å². The largest absolute Gasteiger partial charge is 0.465 e. The topological polar surface area (TPSA) is 80.3 Å². The van der Waals surface area contributed by atoms with Crippen molar-refractivity contribution in [3.8, 4) is 0 Å². The average Bonchev–Trinajstić information content (AvgIpc) is 2.71. The van der Waals surface area contributed by atoms with E-state index in [2.05, 4.69) is 15.6 Å². The van der Waals surface area contributed by atoms with Crippen molar-refractivity contribution in [1.82, 2.24) is 4.98 Å². The van der Waals surface area contributed by atoms with Crippen molar-refractivity contribution in [2.45, 2.75) is 0 Å². The lowest BCUT2D eigenvalue weighted by molar-refractivity contribution is 0.0601. The molecular formula is C20H15F2N3O3. The maximum atomic E-state index is 13.6. The van der Waals surface area contributed by atoms with Crippen LogP contribution in [0.1, 0.15) is 20.8 Å². The number of ether oxygens (including phenoxy) is 1. The molecule has 1 aromatic heterocycles. The third-order valence-electron chi connectivity index (χ3n) is 3.81. The van der Waals surface area contributed by atoms with Crippen LogP contribution in [0.15, 0.2) is 60.8 Å². The highest BCUT2D eigenvalue weighted by Gasteiger charge is 2.15. The van der Waals surface area contributed by atoms with Crippen LogP contribution >= 0.6 is 0 Å². The standard InChI is InChI=1S/C20H15F2N3O3/c1-28-20(27)13-5-2-3-8-16(13)24-12-9-10-17(23-11-12)19(26)25-18-14(21)6-4-7-15(18)22/h2-11,24H,1H3,(H,25,26). The number of pyridine rings is 1. The van der Waals surface area contributed by atoms with Crippen LogP contribution in [0.25, 0.3) is 0 Å². The summed E-state index contributed by atoms with van der Waals surface area (Å²) in [5.74, 6) is -3.03. The van der Waals surface area contributed by atoms with Crippen molar-refractivity contribution < 1.29 is 23.1 Å². The van der Waals surface area contributed by atoms with Gasteiger partial charge in [-0.1, -0.05) is 18.2 Å². The number of benzene rings is 2. The molecule has 2 aromatic carbocycles. The van der Waals surface area contributed by atoms with E-state index in [-0.39, 0.29) is 5.69 Å². The Labute approximate surface area is 159 Å². The Hall–Kier alpha value is -3.81.